The van der Waals surface area contributed by atoms with Gasteiger partial charge in [-0.15, -0.1) is 0 Å². The van der Waals surface area contributed by atoms with Gasteiger partial charge in [-0.2, -0.15) is 0 Å². The Balaban J connectivity index is 1.81. The van der Waals surface area contributed by atoms with Crippen molar-refractivity contribution in [2.75, 3.05) is 10.0 Å². The van der Waals surface area contributed by atoms with Crippen LogP contribution in [0, 0.1) is 0 Å². The van der Waals surface area contributed by atoms with E-state index in [1.54, 1.807) is 18.2 Å². The van der Waals surface area contributed by atoms with Crippen LogP contribution in [0.1, 0.15) is 10.4 Å². The van der Waals surface area contributed by atoms with Crippen molar-refractivity contribution in [3.63, 3.8) is 0 Å². The summed E-state index contributed by atoms with van der Waals surface area (Å²) in [6, 6.07) is 14.8. The van der Waals surface area contributed by atoms with Gasteiger partial charge in [-0.25, -0.2) is 8.42 Å². The van der Waals surface area contributed by atoms with Crippen LogP contribution in [0.2, 0.25) is 20.1 Å². The summed E-state index contributed by atoms with van der Waals surface area (Å²) in [6.45, 7) is 0. The number of rotatable bonds is 5. The molecule has 0 aromatic heterocycles. The molecule has 0 atom stereocenters. The number of hydrogen-bond donors (Lipinski definition) is 2. The average molecular weight is 490 g/mol. The third kappa shape index (κ3) is 5.15. The summed E-state index contributed by atoms with van der Waals surface area (Å²) in [5, 5.41) is 3.36. The molecule has 0 radical (unpaired) electrons. The summed E-state index contributed by atoms with van der Waals surface area (Å²) in [5.41, 5.74) is 0.607. The van der Waals surface area contributed by atoms with Gasteiger partial charge in [-0.3, -0.25) is 9.52 Å². The van der Waals surface area contributed by atoms with E-state index in [1.165, 1.54) is 42.5 Å². The quantitative estimate of drug-likeness (QED) is 0.410. The Hall–Kier alpha value is -1.96. The van der Waals surface area contributed by atoms with Crippen LogP contribution in [0.25, 0.3) is 0 Å². The minimum absolute atomic E-state index is 0.0531. The van der Waals surface area contributed by atoms with Crippen molar-refractivity contribution in [2.24, 2.45) is 0 Å². The van der Waals surface area contributed by atoms with Crippen LogP contribution in [-0.4, -0.2) is 14.3 Å². The Morgan fingerprint density at radius 2 is 1.34 bits per heavy atom. The van der Waals surface area contributed by atoms with Gasteiger partial charge >= 0.3 is 0 Å². The lowest BCUT2D eigenvalue weighted by atomic mass is 10.2. The summed E-state index contributed by atoms with van der Waals surface area (Å²) in [6.07, 6.45) is 0. The molecule has 0 fully saturated rings. The minimum atomic E-state index is -3.81. The highest BCUT2D eigenvalue weighted by atomic mass is 35.5. The van der Waals surface area contributed by atoms with Crippen molar-refractivity contribution in [1.82, 2.24) is 0 Å². The van der Waals surface area contributed by atoms with E-state index < -0.39 is 15.9 Å². The molecule has 2 N–H and O–H groups in total. The molecule has 10 heteroatoms. The predicted octanol–water partition coefficient (Wildman–Crippen LogP) is 6.35. The van der Waals surface area contributed by atoms with E-state index >= 15 is 0 Å². The molecular formula is C19H12Cl4N2O3S. The van der Waals surface area contributed by atoms with Crippen molar-refractivity contribution < 1.29 is 13.2 Å². The smallest absolute Gasteiger partial charge is 0.261 e. The van der Waals surface area contributed by atoms with Crippen molar-refractivity contribution in [3.8, 4) is 0 Å². The van der Waals surface area contributed by atoms with Crippen molar-refractivity contribution >= 4 is 73.7 Å². The number of carbonyl (C=O) groups is 1. The monoisotopic (exact) mass is 488 g/mol. The minimum Gasteiger partial charge on any atom is -0.321 e. The van der Waals surface area contributed by atoms with Gasteiger partial charge in [0.15, 0.2) is 0 Å². The summed E-state index contributed by atoms with van der Waals surface area (Å²) in [7, 11) is -3.81. The van der Waals surface area contributed by atoms with E-state index in [-0.39, 0.29) is 41.9 Å². The maximum absolute atomic E-state index is 12.5. The van der Waals surface area contributed by atoms with Crippen LogP contribution in [0.3, 0.4) is 0 Å². The first-order valence-electron chi connectivity index (χ1n) is 8.01. The topological polar surface area (TPSA) is 75.3 Å². The second-order valence-corrected chi connectivity index (χ2v) is 9.12. The normalized spacial score (nSPS) is 11.2. The number of anilines is 2. The Morgan fingerprint density at radius 1 is 0.724 bits per heavy atom. The van der Waals surface area contributed by atoms with E-state index in [1.807, 2.05) is 0 Å². The number of sulfonamides is 1. The zero-order chi connectivity index (χ0) is 21.2. The molecule has 150 valence electrons. The third-order valence-corrected chi connectivity index (χ3v) is 6.52. The van der Waals surface area contributed by atoms with Crippen molar-refractivity contribution in [1.29, 1.82) is 0 Å². The first kappa shape index (κ1) is 21.7. The standard InChI is InChI=1S/C19H12Cl4N2O3S/c20-13-9-16(23)18(10-14(13)21)24-19(26)11-6-7-17(15(22)8-11)25-29(27,28)12-4-2-1-3-5-12/h1-10,25H,(H,24,26). The molecule has 1 amide bonds. The SMILES string of the molecule is O=C(Nc1cc(Cl)c(Cl)cc1Cl)c1ccc(NS(=O)(=O)c2ccccc2)c(Cl)c1. The van der Waals surface area contributed by atoms with Crippen molar-refractivity contribution in [3.05, 3.63) is 86.3 Å². The number of halogens is 4. The second-order valence-electron chi connectivity index (χ2n) is 5.81. The van der Waals surface area contributed by atoms with Gasteiger partial charge in [0.25, 0.3) is 15.9 Å². The number of hydrogen-bond acceptors (Lipinski definition) is 3. The first-order chi connectivity index (χ1) is 13.7. The molecule has 0 aliphatic heterocycles. The summed E-state index contributed by atoms with van der Waals surface area (Å²) >= 11 is 24.1. The molecule has 29 heavy (non-hydrogen) atoms. The van der Waals surface area contributed by atoms with Crippen LogP contribution in [0.15, 0.2) is 65.6 Å². The van der Waals surface area contributed by atoms with E-state index in [4.69, 9.17) is 46.4 Å². The van der Waals surface area contributed by atoms with Crippen molar-refractivity contribution in [2.45, 2.75) is 4.90 Å². The molecule has 5 nitrogen and oxygen atoms in total. The molecule has 0 spiro atoms. The Kier molecular flexibility index (Phi) is 6.61. The van der Waals surface area contributed by atoms with Crippen LogP contribution < -0.4 is 10.0 Å². The second kappa shape index (κ2) is 8.81. The summed E-state index contributed by atoms with van der Waals surface area (Å²) < 4.78 is 27.2. The van der Waals surface area contributed by atoms with Gasteiger partial charge < -0.3 is 5.32 Å². The van der Waals surface area contributed by atoms with Crippen LogP contribution in [0.4, 0.5) is 11.4 Å². The van der Waals surface area contributed by atoms with Crippen LogP contribution in [0.5, 0.6) is 0 Å². The molecular weight excluding hydrogens is 478 g/mol. The van der Waals surface area contributed by atoms with E-state index in [2.05, 4.69) is 10.0 Å². The Labute approximate surface area is 187 Å². The Bertz CT molecular complexity index is 1190. The third-order valence-electron chi connectivity index (χ3n) is 3.79. The largest absolute Gasteiger partial charge is 0.321 e. The molecule has 0 bridgehead atoms. The lowest BCUT2D eigenvalue weighted by Gasteiger charge is -2.12. The number of benzene rings is 3. The van der Waals surface area contributed by atoms with Gasteiger partial charge in [0.2, 0.25) is 0 Å². The molecule has 0 saturated heterocycles. The average Bonchev–Trinajstić information content (AvgIpc) is 2.68. The lowest BCUT2D eigenvalue weighted by molar-refractivity contribution is 0.102. The van der Waals surface area contributed by atoms with Gasteiger partial charge in [0, 0.05) is 5.56 Å². The molecule has 3 aromatic rings. The molecule has 0 unspecified atom stereocenters. The molecule has 0 aliphatic rings. The predicted molar refractivity (Wildman–Crippen MR) is 118 cm³/mol. The fourth-order valence-electron chi connectivity index (χ4n) is 2.36. The molecule has 3 rings (SSSR count). The zero-order valence-electron chi connectivity index (χ0n) is 14.4. The van der Waals surface area contributed by atoms with Crippen LogP contribution in [-0.2, 0) is 10.0 Å². The highest BCUT2D eigenvalue weighted by Crippen LogP contribution is 2.33. The summed E-state index contributed by atoms with van der Waals surface area (Å²) in [5.74, 6) is -0.510. The molecule has 0 heterocycles. The van der Waals surface area contributed by atoms with Gasteiger partial charge in [0.1, 0.15) is 0 Å². The summed E-state index contributed by atoms with van der Waals surface area (Å²) in [4.78, 5) is 12.6. The van der Waals surface area contributed by atoms with Gasteiger partial charge in [-0.05, 0) is 42.5 Å². The van der Waals surface area contributed by atoms with E-state index in [0.29, 0.717) is 0 Å². The van der Waals surface area contributed by atoms with Crippen LogP contribution >= 0.6 is 46.4 Å². The number of amides is 1. The number of carbonyl (C=O) groups excluding carboxylic acids is 1. The fourth-order valence-corrected chi connectivity index (χ4v) is 4.33. The molecule has 3 aromatic carbocycles. The fraction of sp³-hybridized carbons (Fsp3) is 0. The highest BCUT2D eigenvalue weighted by molar-refractivity contribution is 7.92. The number of nitrogens with one attached hydrogen (secondary N) is 2. The maximum atomic E-state index is 12.5. The zero-order valence-corrected chi connectivity index (χ0v) is 18.3. The molecule has 0 saturated carbocycles. The van der Waals surface area contributed by atoms with E-state index in [0.717, 1.165) is 0 Å². The molecule has 0 aliphatic carbocycles. The van der Waals surface area contributed by atoms with Gasteiger partial charge in [0.05, 0.1) is 36.4 Å². The van der Waals surface area contributed by atoms with Gasteiger partial charge in [-0.1, -0.05) is 64.6 Å². The Morgan fingerprint density at radius 3 is 2.00 bits per heavy atom. The highest BCUT2D eigenvalue weighted by Gasteiger charge is 2.17. The maximum Gasteiger partial charge on any atom is 0.261 e. The first-order valence-corrected chi connectivity index (χ1v) is 11.0. The van der Waals surface area contributed by atoms with E-state index in [9.17, 15) is 13.2 Å². The lowest BCUT2D eigenvalue weighted by Crippen LogP contribution is -2.15.